The standard InChI is InChI=1S/C14H18N2O6/c1-4-7-21-12-11(20-3)9(8-19-2)22-13(12)16-6-5-10(17)15-14(16)18/h1,5-6,9,11-13H,7-8H2,2-3H3,(H,15,17,18)/t9-,11?,12+,13-/m1/s1. The average Bonchev–Trinajstić information content (AvgIpc) is 2.83. The summed E-state index contributed by atoms with van der Waals surface area (Å²) >= 11 is 0. The highest BCUT2D eigenvalue weighted by molar-refractivity contribution is 4.96. The van der Waals surface area contributed by atoms with Gasteiger partial charge in [0.2, 0.25) is 0 Å². The molecule has 0 saturated carbocycles. The van der Waals surface area contributed by atoms with Crippen LogP contribution in [0.3, 0.4) is 0 Å². The Kier molecular flexibility index (Phi) is 5.51. The molecule has 1 saturated heterocycles. The molecule has 8 nitrogen and oxygen atoms in total. The molecule has 0 bridgehead atoms. The molecule has 22 heavy (non-hydrogen) atoms. The topological polar surface area (TPSA) is 91.8 Å². The first-order valence-electron chi connectivity index (χ1n) is 6.66. The number of methoxy groups -OCH3 is 2. The van der Waals surface area contributed by atoms with Crippen LogP contribution in [-0.2, 0) is 18.9 Å². The fourth-order valence-corrected chi connectivity index (χ4v) is 2.47. The number of terminal acetylenes is 1. The zero-order valence-corrected chi connectivity index (χ0v) is 12.4. The lowest BCUT2D eigenvalue weighted by Crippen LogP contribution is -2.40. The molecule has 0 aliphatic carbocycles. The van der Waals surface area contributed by atoms with Crippen LogP contribution >= 0.6 is 0 Å². The van der Waals surface area contributed by atoms with Gasteiger partial charge in [0.1, 0.15) is 24.9 Å². The fourth-order valence-electron chi connectivity index (χ4n) is 2.47. The predicted octanol–water partition coefficient (Wildman–Crippen LogP) is -0.886. The van der Waals surface area contributed by atoms with Crippen LogP contribution in [0.15, 0.2) is 21.9 Å². The average molecular weight is 310 g/mol. The van der Waals surface area contributed by atoms with Crippen molar-refractivity contribution in [2.45, 2.75) is 24.5 Å². The molecule has 0 spiro atoms. The van der Waals surface area contributed by atoms with Gasteiger partial charge in [-0.05, 0) is 0 Å². The number of nitrogens with one attached hydrogen (secondary N) is 1. The number of aromatic amines is 1. The molecule has 8 heteroatoms. The van der Waals surface area contributed by atoms with Gasteiger partial charge in [-0.25, -0.2) is 4.79 Å². The third-order valence-corrected chi connectivity index (χ3v) is 3.37. The van der Waals surface area contributed by atoms with Crippen molar-refractivity contribution in [3.63, 3.8) is 0 Å². The Hall–Kier alpha value is -1.92. The van der Waals surface area contributed by atoms with Crippen LogP contribution in [0.4, 0.5) is 0 Å². The van der Waals surface area contributed by atoms with Gasteiger partial charge < -0.3 is 18.9 Å². The molecular formula is C14H18N2O6. The van der Waals surface area contributed by atoms with Crippen molar-refractivity contribution < 1.29 is 18.9 Å². The van der Waals surface area contributed by atoms with E-state index < -0.39 is 35.8 Å². The second kappa shape index (κ2) is 7.38. The van der Waals surface area contributed by atoms with E-state index in [0.29, 0.717) is 0 Å². The normalized spacial score (nSPS) is 27.7. The van der Waals surface area contributed by atoms with Crippen LogP contribution in [0.1, 0.15) is 6.23 Å². The Labute approximate surface area is 127 Å². The van der Waals surface area contributed by atoms with Gasteiger partial charge in [-0.1, -0.05) is 5.92 Å². The largest absolute Gasteiger partial charge is 0.382 e. The number of hydrogen-bond donors (Lipinski definition) is 1. The lowest BCUT2D eigenvalue weighted by atomic mass is 10.1. The molecule has 1 aliphatic rings. The van der Waals surface area contributed by atoms with E-state index in [2.05, 4.69) is 10.9 Å². The van der Waals surface area contributed by atoms with E-state index in [1.807, 2.05) is 0 Å². The van der Waals surface area contributed by atoms with E-state index in [4.69, 9.17) is 25.4 Å². The summed E-state index contributed by atoms with van der Waals surface area (Å²) in [5.41, 5.74) is -1.09. The molecule has 0 amide bonds. The number of rotatable bonds is 6. The molecule has 1 aromatic heterocycles. The minimum absolute atomic E-state index is 0.0438. The lowest BCUT2D eigenvalue weighted by Gasteiger charge is -2.23. The summed E-state index contributed by atoms with van der Waals surface area (Å²) in [6, 6.07) is 1.23. The first-order chi connectivity index (χ1) is 10.6. The van der Waals surface area contributed by atoms with E-state index in [1.165, 1.54) is 31.0 Å². The van der Waals surface area contributed by atoms with Gasteiger partial charge in [-0.3, -0.25) is 14.3 Å². The molecule has 120 valence electrons. The third-order valence-electron chi connectivity index (χ3n) is 3.37. The Bertz CT molecular complexity index is 646. The second-order valence-corrected chi connectivity index (χ2v) is 4.72. The highest BCUT2D eigenvalue weighted by Crippen LogP contribution is 2.32. The zero-order valence-electron chi connectivity index (χ0n) is 12.4. The molecule has 0 radical (unpaired) electrons. The maximum atomic E-state index is 12.0. The van der Waals surface area contributed by atoms with Gasteiger partial charge in [-0.2, -0.15) is 0 Å². The van der Waals surface area contributed by atoms with E-state index >= 15 is 0 Å². The van der Waals surface area contributed by atoms with Gasteiger partial charge in [0.05, 0.1) is 6.61 Å². The Morgan fingerprint density at radius 1 is 1.41 bits per heavy atom. The van der Waals surface area contributed by atoms with Crippen LogP contribution in [0, 0.1) is 12.3 Å². The van der Waals surface area contributed by atoms with Gasteiger partial charge in [0.15, 0.2) is 6.23 Å². The van der Waals surface area contributed by atoms with Crippen molar-refractivity contribution in [2.24, 2.45) is 0 Å². The summed E-state index contributed by atoms with van der Waals surface area (Å²) in [4.78, 5) is 25.3. The number of ether oxygens (including phenoxy) is 4. The summed E-state index contributed by atoms with van der Waals surface area (Å²) in [5.74, 6) is 2.37. The van der Waals surface area contributed by atoms with Gasteiger partial charge >= 0.3 is 5.69 Å². The molecule has 2 rings (SSSR count). The number of aromatic nitrogens is 2. The van der Waals surface area contributed by atoms with E-state index in [0.717, 1.165) is 0 Å². The number of nitrogens with zero attached hydrogens (tertiary/aromatic N) is 1. The summed E-state index contributed by atoms with van der Waals surface area (Å²) in [5, 5.41) is 0. The second-order valence-electron chi connectivity index (χ2n) is 4.72. The summed E-state index contributed by atoms with van der Waals surface area (Å²) in [6.07, 6.45) is 4.30. The monoisotopic (exact) mass is 310 g/mol. The minimum atomic E-state index is -0.775. The fraction of sp³-hybridized carbons (Fsp3) is 0.571. The van der Waals surface area contributed by atoms with Crippen LogP contribution in [0.5, 0.6) is 0 Å². The molecule has 1 aromatic rings. The molecule has 4 atom stereocenters. The van der Waals surface area contributed by atoms with E-state index in [-0.39, 0.29) is 13.2 Å². The number of hydrogen-bond acceptors (Lipinski definition) is 6. The molecule has 1 unspecified atom stereocenters. The van der Waals surface area contributed by atoms with Crippen molar-refractivity contribution in [1.29, 1.82) is 0 Å². The van der Waals surface area contributed by atoms with Crippen LogP contribution < -0.4 is 11.2 Å². The molecule has 1 N–H and O–H groups in total. The zero-order chi connectivity index (χ0) is 16.1. The Morgan fingerprint density at radius 2 is 2.18 bits per heavy atom. The first-order valence-corrected chi connectivity index (χ1v) is 6.66. The van der Waals surface area contributed by atoms with Crippen LogP contribution in [0.2, 0.25) is 0 Å². The molecule has 2 heterocycles. The van der Waals surface area contributed by atoms with Crippen molar-refractivity contribution in [2.75, 3.05) is 27.4 Å². The summed E-state index contributed by atoms with van der Waals surface area (Å²) in [6.45, 7) is 0.311. The molecule has 1 aliphatic heterocycles. The van der Waals surface area contributed by atoms with Crippen molar-refractivity contribution >= 4 is 0 Å². The molecule has 0 aromatic carbocycles. The maximum Gasteiger partial charge on any atom is 0.330 e. The number of H-pyrrole nitrogens is 1. The van der Waals surface area contributed by atoms with Crippen molar-refractivity contribution in [3.8, 4) is 12.3 Å². The van der Waals surface area contributed by atoms with Crippen LogP contribution in [0.25, 0.3) is 0 Å². The minimum Gasteiger partial charge on any atom is -0.382 e. The predicted molar refractivity (Wildman–Crippen MR) is 76.5 cm³/mol. The highest BCUT2D eigenvalue weighted by atomic mass is 16.6. The van der Waals surface area contributed by atoms with E-state index in [9.17, 15) is 9.59 Å². The Balaban J connectivity index is 2.35. The summed E-state index contributed by atoms with van der Waals surface area (Å²) in [7, 11) is 3.05. The summed E-state index contributed by atoms with van der Waals surface area (Å²) < 4.78 is 23.2. The van der Waals surface area contributed by atoms with Crippen LogP contribution in [-0.4, -0.2) is 55.3 Å². The van der Waals surface area contributed by atoms with E-state index in [1.54, 1.807) is 0 Å². The van der Waals surface area contributed by atoms with Gasteiger partial charge in [0, 0.05) is 26.5 Å². The quantitative estimate of drug-likeness (QED) is 0.686. The Morgan fingerprint density at radius 3 is 2.77 bits per heavy atom. The molecule has 1 fully saturated rings. The maximum absolute atomic E-state index is 12.0. The van der Waals surface area contributed by atoms with Gasteiger partial charge in [0.25, 0.3) is 5.56 Å². The molecular weight excluding hydrogens is 292 g/mol. The van der Waals surface area contributed by atoms with Crippen molar-refractivity contribution in [3.05, 3.63) is 33.1 Å². The highest BCUT2D eigenvalue weighted by Gasteiger charge is 2.47. The smallest absolute Gasteiger partial charge is 0.330 e. The SMILES string of the molecule is C#CCO[C@H]1C(OC)[C@@H](COC)O[C@H]1n1ccc(=O)[nH]c1=O. The first kappa shape index (κ1) is 16.5. The third kappa shape index (κ3) is 3.28. The van der Waals surface area contributed by atoms with Crippen molar-refractivity contribution in [1.82, 2.24) is 9.55 Å². The lowest BCUT2D eigenvalue weighted by molar-refractivity contribution is -0.0710. The van der Waals surface area contributed by atoms with Gasteiger partial charge in [-0.15, -0.1) is 6.42 Å².